The topological polar surface area (TPSA) is 152 Å². The molecule has 0 saturated heterocycles. The summed E-state index contributed by atoms with van der Waals surface area (Å²) in [6.45, 7) is -0.318. The van der Waals surface area contributed by atoms with Crippen molar-refractivity contribution in [3.8, 4) is 22.6 Å². The zero-order chi connectivity index (χ0) is 25.2. The number of carbonyl (C=O) groups is 2. The molecule has 0 radical (unpaired) electrons. The third-order valence-corrected chi connectivity index (χ3v) is 4.80. The summed E-state index contributed by atoms with van der Waals surface area (Å²) in [5.74, 6) is -3.68. The average Bonchev–Trinajstić information content (AvgIpc) is 2.76. The highest BCUT2D eigenvalue weighted by molar-refractivity contribution is 6.07. The maximum atomic E-state index is 13.0. The van der Waals surface area contributed by atoms with Crippen LogP contribution in [0.3, 0.4) is 0 Å². The summed E-state index contributed by atoms with van der Waals surface area (Å²) in [6, 6.07) is 8.16. The normalized spacial score (nSPS) is 11.2. The number of halogens is 3. The molecule has 0 aliphatic heterocycles. The Bertz CT molecular complexity index is 1330. The highest BCUT2D eigenvalue weighted by Crippen LogP contribution is 2.34. The molecule has 3 aromatic rings. The summed E-state index contributed by atoms with van der Waals surface area (Å²) >= 11 is 0. The van der Waals surface area contributed by atoms with Crippen molar-refractivity contribution in [1.29, 1.82) is 0 Å². The Morgan fingerprint density at radius 3 is 2.32 bits per heavy atom. The first-order chi connectivity index (χ1) is 15.9. The number of hydrogen-bond donors (Lipinski definition) is 4. The van der Waals surface area contributed by atoms with Crippen LogP contribution in [-0.2, 0) is 12.8 Å². The van der Waals surface area contributed by atoms with Gasteiger partial charge in [-0.2, -0.15) is 13.2 Å². The van der Waals surface area contributed by atoms with Crippen molar-refractivity contribution < 1.29 is 42.4 Å². The molecule has 0 bridgehead atoms. The Hall–Kier alpha value is -4.48. The summed E-state index contributed by atoms with van der Waals surface area (Å²) in [5.41, 5.74) is 1.93. The lowest BCUT2D eigenvalue weighted by Gasteiger charge is -2.16. The Kier molecular flexibility index (Phi) is 6.52. The number of methoxy groups -OCH3 is 1. The van der Waals surface area contributed by atoms with Gasteiger partial charge in [-0.3, -0.25) is 4.79 Å². The quantitative estimate of drug-likeness (QED) is 0.402. The number of rotatable bonds is 7. The van der Waals surface area contributed by atoms with Gasteiger partial charge in [0.05, 0.1) is 12.7 Å². The third-order valence-electron chi connectivity index (χ3n) is 4.80. The molecule has 0 amide bonds. The molecule has 2 aromatic carbocycles. The van der Waals surface area contributed by atoms with Crippen LogP contribution in [0.4, 0.5) is 19.0 Å². The fraction of sp³-hybridized carbons (Fsp3) is 0.136. The lowest BCUT2D eigenvalue weighted by atomic mass is 9.94. The van der Waals surface area contributed by atoms with Crippen LogP contribution in [0.2, 0.25) is 0 Å². The number of alkyl halides is 3. The molecule has 5 N–H and O–H groups in total. The molecule has 12 heteroatoms. The van der Waals surface area contributed by atoms with E-state index in [1.54, 1.807) is 0 Å². The van der Waals surface area contributed by atoms with Crippen molar-refractivity contribution in [3.05, 3.63) is 75.1 Å². The van der Waals surface area contributed by atoms with Crippen molar-refractivity contribution >= 4 is 17.8 Å². The van der Waals surface area contributed by atoms with E-state index >= 15 is 0 Å². The van der Waals surface area contributed by atoms with Gasteiger partial charge in [0.15, 0.2) is 0 Å². The predicted molar refractivity (Wildman–Crippen MR) is 113 cm³/mol. The van der Waals surface area contributed by atoms with Gasteiger partial charge in [-0.1, -0.05) is 12.1 Å². The summed E-state index contributed by atoms with van der Waals surface area (Å²) in [7, 11) is 1.32. The number of anilines is 1. The van der Waals surface area contributed by atoms with Gasteiger partial charge in [-0.15, -0.1) is 0 Å². The maximum Gasteiger partial charge on any atom is 0.416 e. The average molecular weight is 478 g/mol. The zero-order valence-electron chi connectivity index (χ0n) is 17.4. The summed E-state index contributed by atoms with van der Waals surface area (Å²) < 4.78 is 49.5. The molecular weight excluding hydrogens is 461 g/mol. The minimum Gasteiger partial charge on any atom is -0.496 e. The van der Waals surface area contributed by atoms with Gasteiger partial charge in [0.25, 0.3) is 5.56 Å². The second kappa shape index (κ2) is 9.17. The molecule has 0 fully saturated rings. The minimum atomic E-state index is -4.57. The molecule has 1 aromatic heterocycles. The van der Waals surface area contributed by atoms with Crippen LogP contribution in [0.25, 0.3) is 11.1 Å². The number of hydrogen-bond acceptors (Lipinski definition) is 6. The number of H-pyrrole nitrogens is 1. The van der Waals surface area contributed by atoms with Gasteiger partial charge >= 0.3 is 18.1 Å². The lowest BCUT2D eigenvalue weighted by molar-refractivity contribution is -0.137. The number of pyridine rings is 1. The SMILES string of the molecule is COc1ccc(-c2c(C(=O)O)c(N)[nH]c(=O)c2C(=O)O)cc1COc1cccc(C(F)(F)F)c1. The van der Waals surface area contributed by atoms with Crippen molar-refractivity contribution in [2.75, 3.05) is 12.8 Å². The Balaban J connectivity index is 2.11. The van der Waals surface area contributed by atoms with Crippen molar-refractivity contribution in [1.82, 2.24) is 4.98 Å². The van der Waals surface area contributed by atoms with E-state index < -0.39 is 51.7 Å². The van der Waals surface area contributed by atoms with E-state index in [9.17, 15) is 37.8 Å². The number of aromatic nitrogens is 1. The van der Waals surface area contributed by atoms with E-state index in [1.165, 1.54) is 37.4 Å². The van der Waals surface area contributed by atoms with Crippen LogP contribution >= 0.6 is 0 Å². The minimum absolute atomic E-state index is 0.00366. The largest absolute Gasteiger partial charge is 0.496 e. The zero-order valence-corrected chi connectivity index (χ0v) is 17.4. The molecule has 178 valence electrons. The van der Waals surface area contributed by atoms with Gasteiger partial charge in [0.1, 0.15) is 35.1 Å². The number of carboxylic acids is 2. The number of aromatic amines is 1. The monoisotopic (exact) mass is 478 g/mol. The van der Waals surface area contributed by atoms with Crippen molar-refractivity contribution in [3.63, 3.8) is 0 Å². The Labute approximate surface area is 189 Å². The van der Waals surface area contributed by atoms with Crippen LogP contribution in [0, 0.1) is 0 Å². The number of nitrogens with one attached hydrogen (secondary N) is 1. The van der Waals surface area contributed by atoms with E-state index in [0.717, 1.165) is 12.1 Å². The first-order valence-electron chi connectivity index (χ1n) is 9.43. The van der Waals surface area contributed by atoms with Crippen LogP contribution in [0.5, 0.6) is 11.5 Å². The molecule has 9 nitrogen and oxygen atoms in total. The highest BCUT2D eigenvalue weighted by Gasteiger charge is 2.31. The molecule has 0 spiro atoms. The summed E-state index contributed by atoms with van der Waals surface area (Å²) in [6.07, 6.45) is -4.57. The molecule has 0 unspecified atom stereocenters. The summed E-state index contributed by atoms with van der Waals surface area (Å²) in [5, 5.41) is 19.1. The van der Waals surface area contributed by atoms with E-state index in [-0.39, 0.29) is 29.2 Å². The van der Waals surface area contributed by atoms with Gasteiger partial charge in [0.2, 0.25) is 0 Å². The number of benzene rings is 2. The number of carboxylic acid groups (broad SMARTS) is 2. The lowest BCUT2D eigenvalue weighted by Crippen LogP contribution is -2.24. The van der Waals surface area contributed by atoms with Crippen molar-refractivity contribution in [2.45, 2.75) is 12.8 Å². The van der Waals surface area contributed by atoms with E-state index in [1.807, 2.05) is 4.98 Å². The number of ether oxygens (including phenoxy) is 2. The Morgan fingerprint density at radius 1 is 1.06 bits per heavy atom. The van der Waals surface area contributed by atoms with Crippen LogP contribution < -0.4 is 20.8 Å². The highest BCUT2D eigenvalue weighted by atomic mass is 19.4. The first kappa shape index (κ1) is 24.2. The van der Waals surface area contributed by atoms with E-state index in [4.69, 9.17) is 15.2 Å². The van der Waals surface area contributed by atoms with Gasteiger partial charge < -0.3 is 30.4 Å². The van der Waals surface area contributed by atoms with Crippen LogP contribution in [-0.4, -0.2) is 34.2 Å². The fourth-order valence-electron chi connectivity index (χ4n) is 3.31. The molecule has 0 atom stereocenters. The molecule has 34 heavy (non-hydrogen) atoms. The molecule has 0 saturated carbocycles. The third kappa shape index (κ3) is 4.80. The standard InChI is InChI=1S/C22H17F3N2O7/c1-33-14-6-5-10(15-16(20(29)30)18(26)27-19(28)17(15)21(31)32)7-11(14)9-34-13-4-2-3-12(8-13)22(23,24)25/h2-8H,9H2,1H3,(H,29,30)(H,31,32)(H3,26,27,28). The predicted octanol–water partition coefficient (Wildman–Crippen LogP) is 3.63. The molecule has 1 heterocycles. The fourth-order valence-corrected chi connectivity index (χ4v) is 3.31. The van der Waals surface area contributed by atoms with Crippen LogP contribution in [0.15, 0.2) is 47.3 Å². The first-order valence-corrected chi connectivity index (χ1v) is 9.43. The van der Waals surface area contributed by atoms with Gasteiger partial charge in [0, 0.05) is 11.1 Å². The number of nitrogen functional groups attached to an aromatic ring is 1. The summed E-state index contributed by atoms with van der Waals surface area (Å²) in [4.78, 5) is 37.8. The number of aromatic carboxylic acids is 2. The maximum absolute atomic E-state index is 13.0. The molecule has 0 aliphatic rings. The Morgan fingerprint density at radius 2 is 1.74 bits per heavy atom. The molecular formula is C22H17F3N2O7. The van der Waals surface area contributed by atoms with Gasteiger partial charge in [-0.05, 0) is 35.9 Å². The van der Waals surface area contributed by atoms with Gasteiger partial charge in [-0.25, -0.2) is 9.59 Å². The second-order valence-corrected chi connectivity index (χ2v) is 6.94. The van der Waals surface area contributed by atoms with E-state index in [0.29, 0.717) is 0 Å². The molecule has 3 rings (SSSR count). The number of nitrogens with two attached hydrogens (primary N) is 1. The smallest absolute Gasteiger partial charge is 0.416 e. The molecule has 0 aliphatic carbocycles. The van der Waals surface area contributed by atoms with Crippen molar-refractivity contribution in [2.24, 2.45) is 0 Å². The van der Waals surface area contributed by atoms with Crippen LogP contribution in [0.1, 0.15) is 31.8 Å². The second-order valence-electron chi connectivity index (χ2n) is 6.94. The van der Waals surface area contributed by atoms with E-state index in [2.05, 4.69) is 0 Å².